The van der Waals surface area contributed by atoms with Gasteiger partial charge in [-0.3, -0.25) is 9.59 Å². The second kappa shape index (κ2) is 11.0. The lowest BCUT2D eigenvalue weighted by Gasteiger charge is -2.21. The Balaban J connectivity index is 0.00000361. The van der Waals surface area contributed by atoms with E-state index in [4.69, 9.17) is 5.73 Å². The molecule has 8 nitrogen and oxygen atoms in total. The zero-order chi connectivity index (χ0) is 25.0. The van der Waals surface area contributed by atoms with Gasteiger partial charge in [0.25, 0.3) is 5.91 Å². The highest BCUT2D eigenvalue weighted by Gasteiger charge is 2.21. The van der Waals surface area contributed by atoms with E-state index in [0.717, 1.165) is 0 Å². The summed E-state index contributed by atoms with van der Waals surface area (Å²) in [5, 5.41) is 27.9. The third-order valence-corrected chi connectivity index (χ3v) is 5.99. The van der Waals surface area contributed by atoms with E-state index in [1.54, 1.807) is 66.0 Å². The van der Waals surface area contributed by atoms with Gasteiger partial charge in [0.05, 0.1) is 10.6 Å². The summed E-state index contributed by atoms with van der Waals surface area (Å²) in [5.41, 5.74) is 7.27. The lowest BCUT2D eigenvalue weighted by Crippen LogP contribution is -2.46. The monoisotopic (exact) mass is 519 g/mol. The Morgan fingerprint density at radius 3 is 2.58 bits per heavy atom. The number of hydrogen-bond donors (Lipinski definition) is 4. The zero-order valence-corrected chi connectivity index (χ0v) is 20.7. The maximum atomic E-state index is 12.8. The van der Waals surface area contributed by atoms with Crippen molar-refractivity contribution >= 4 is 47.4 Å². The molecule has 182 valence electrons. The standard InChI is InChI=1S/C26H21N5O3S.ClH/c1-26(28,15-32)31-17-7-4-6-16(12-17)19-13-21(18-8-2-3-9-22(18)33)29-24(20(19)14-27)30-25(34)23-10-5-11-35-23;/h2-13,15,31,33H,28H2,1H3,(H,29,30,34);1H/t26-;/m0./s1. The average molecular weight is 520 g/mol. The molecule has 0 aliphatic heterocycles. The van der Waals surface area contributed by atoms with Crippen molar-refractivity contribution < 1.29 is 14.7 Å². The number of phenols is 1. The van der Waals surface area contributed by atoms with Crippen LogP contribution in [-0.4, -0.2) is 27.9 Å². The number of hydrogen-bond acceptors (Lipinski definition) is 8. The highest BCUT2D eigenvalue weighted by atomic mass is 35.5. The summed E-state index contributed by atoms with van der Waals surface area (Å²) < 4.78 is 0. The van der Waals surface area contributed by atoms with E-state index < -0.39 is 11.6 Å². The molecule has 0 aliphatic carbocycles. The quantitative estimate of drug-likeness (QED) is 0.198. The smallest absolute Gasteiger partial charge is 0.266 e. The Hall–Kier alpha value is -4.23. The van der Waals surface area contributed by atoms with Gasteiger partial charge in [0.15, 0.2) is 12.1 Å². The Morgan fingerprint density at radius 2 is 1.92 bits per heavy atom. The van der Waals surface area contributed by atoms with Crippen molar-refractivity contribution in [2.75, 3.05) is 10.6 Å². The summed E-state index contributed by atoms with van der Waals surface area (Å²) in [6.07, 6.45) is 0.599. The summed E-state index contributed by atoms with van der Waals surface area (Å²) in [5.74, 6) is -0.326. The number of nitrogens with two attached hydrogens (primary N) is 1. The minimum atomic E-state index is -1.28. The molecule has 0 spiro atoms. The molecule has 4 aromatic rings. The number of anilines is 2. The number of nitrogens with one attached hydrogen (secondary N) is 2. The van der Waals surface area contributed by atoms with E-state index >= 15 is 0 Å². The number of nitriles is 1. The Bertz CT molecular complexity index is 1450. The van der Waals surface area contributed by atoms with Crippen molar-refractivity contribution in [3.63, 3.8) is 0 Å². The largest absolute Gasteiger partial charge is 0.507 e. The van der Waals surface area contributed by atoms with Gasteiger partial charge in [-0.2, -0.15) is 5.26 Å². The number of aldehydes is 1. The molecule has 10 heteroatoms. The van der Waals surface area contributed by atoms with Gasteiger partial charge in [0, 0.05) is 16.8 Å². The van der Waals surface area contributed by atoms with Crippen molar-refractivity contribution in [3.05, 3.63) is 82.6 Å². The molecule has 0 aliphatic rings. The maximum Gasteiger partial charge on any atom is 0.266 e. The van der Waals surface area contributed by atoms with E-state index in [0.29, 0.717) is 39.2 Å². The van der Waals surface area contributed by atoms with E-state index in [1.807, 2.05) is 0 Å². The molecule has 4 rings (SSSR count). The normalized spacial score (nSPS) is 11.9. The molecule has 2 aromatic carbocycles. The number of pyridine rings is 1. The Kier molecular flexibility index (Phi) is 8.07. The van der Waals surface area contributed by atoms with Crippen LogP contribution in [0.1, 0.15) is 22.2 Å². The number of amides is 1. The molecule has 5 N–H and O–H groups in total. The number of aromatic nitrogens is 1. The van der Waals surface area contributed by atoms with E-state index in [-0.39, 0.29) is 29.5 Å². The van der Waals surface area contributed by atoms with Crippen molar-refractivity contribution in [2.24, 2.45) is 5.73 Å². The lowest BCUT2D eigenvalue weighted by molar-refractivity contribution is -0.110. The number of carbonyl (C=O) groups excluding carboxylic acids is 2. The summed E-state index contributed by atoms with van der Waals surface area (Å²) >= 11 is 1.27. The van der Waals surface area contributed by atoms with Crippen LogP contribution in [0.3, 0.4) is 0 Å². The number of phenolic OH excluding ortho intramolecular Hbond substituents is 1. The number of nitrogens with zero attached hydrogens (tertiary/aromatic N) is 2. The summed E-state index contributed by atoms with van der Waals surface area (Å²) in [6, 6.07) is 20.9. The Morgan fingerprint density at radius 1 is 1.14 bits per heavy atom. The molecule has 2 aromatic heterocycles. The van der Waals surface area contributed by atoms with Crippen LogP contribution in [0.2, 0.25) is 0 Å². The molecule has 1 amide bonds. The minimum Gasteiger partial charge on any atom is -0.507 e. The van der Waals surface area contributed by atoms with Crippen molar-refractivity contribution in [2.45, 2.75) is 12.6 Å². The molecule has 0 fully saturated rings. The highest BCUT2D eigenvalue weighted by molar-refractivity contribution is 7.12. The van der Waals surface area contributed by atoms with Crippen LogP contribution < -0.4 is 16.4 Å². The topological polar surface area (TPSA) is 141 Å². The Labute approximate surface area is 217 Å². The predicted octanol–water partition coefficient (Wildman–Crippen LogP) is 5.01. The molecule has 0 radical (unpaired) electrons. The van der Waals surface area contributed by atoms with Gasteiger partial charge in [-0.15, -0.1) is 23.7 Å². The van der Waals surface area contributed by atoms with E-state index in [2.05, 4.69) is 21.7 Å². The second-order valence-electron chi connectivity index (χ2n) is 7.95. The van der Waals surface area contributed by atoms with Crippen LogP contribution in [-0.2, 0) is 4.79 Å². The first kappa shape index (κ1) is 26.4. The first-order chi connectivity index (χ1) is 16.8. The van der Waals surface area contributed by atoms with Crippen LogP contribution >= 0.6 is 23.7 Å². The van der Waals surface area contributed by atoms with Crippen LogP contribution in [0.4, 0.5) is 11.5 Å². The molecule has 0 bridgehead atoms. The summed E-state index contributed by atoms with van der Waals surface area (Å²) in [7, 11) is 0. The molecule has 0 saturated heterocycles. The predicted molar refractivity (Wildman–Crippen MR) is 143 cm³/mol. The number of carbonyl (C=O) groups is 2. The maximum absolute atomic E-state index is 12.8. The molecule has 0 saturated carbocycles. The average Bonchev–Trinajstić information content (AvgIpc) is 3.39. The molecule has 2 heterocycles. The third kappa shape index (κ3) is 5.70. The lowest BCUT2D eigenvalue weighted by atomic mass is 9.97. The zero-order valence-electron chi connectivity index (χ0n) is 19.1. The number of para-hydroxylation sites is 1. The summed E-state index contributed by atoms with van der Waals surface area (Å²) in [4.78, 5) is 29.0. The van der Waals surface area contributed by atoms with Gasteiger partial charge in [0.1, 0.15) is 23.0 Å². The van der Waals surface area contributed by atoms with Crippen molar-refractivity contribution in [1.82, 2.24) is 4.98 Å². The first-order valence-electron chi connectivity index (χ1n) is 10.5. The van der Waals surface area contributed by atoms with E-state index in [9.17, 15) is 20.0 Å². The second-order valence-corrected chi connectivity index (χ2v) is 8.89. The summed E-state index contributed by atoms with van der Waals surface area (Å²) in [6.45, 7) is 1.54. The number of thiophene rings is 1. The van der Waals surface area contributed by atoms with Crippen LogP contribution in [0.15, 0.2) is 72.1 Å². The van der Waals surface area contributed by atoms with Gasteiger partial charge in [-0.1, -0.05) is 30.3 Å². The van der Waals surface area contributed by atoms with Gasteiger partial charge < -0.3 is 21.5 Å². The number of halogens is 1. The molecular weight excluding hydrogens is 498 g/mol. The van der Waals surface area contributed by atoms with Crippen molar-refractivity contribution in [1.29, 1.82) is 5.26 Å². The first-order valence-corrected chi connectivity index (χ1v) is 11.4. The minimum absolute atomic E-state index is 0. The fourth-order valence-electron chi connectivity index (χ4n) is 3.49. The van der Waals surface area contributed by atoms with Gasteiger partial charge in [-0.25, -0.2) is 4.98 Å². The molecule has 36 heavy (non-hydrogen) atoms. The van der Waals surface area contributed by atoms with Crippen LogP contribution in [0.25, 0.3) is 22.4 Å². The molecular formula is C26H22ClN5O3S. The van der Waals surface area contributed by atoms with Crippen LogP contribution in [0, 0.1) is 11.3 Å². The van der Waals surface area contributed by atoms with Crippen LogP contribution in [0.5, 0.6) is 5.75 Å². The molecule has 1 atom stereocenters. The van der Waals surface area contributed by atoms with Gasteiger partial charge in [-0.05, 0) is 54.3 Å². The van der Waals surface area contributed by atoms with E-state index in [1.165, 1.54) is 24.3 Å². The fourth-order valence-corrected chi connectivity index (χ4v) is 4.11. The third-order valence-electron chi connectivity index (χ3n) is 5.12. The SMILES string of the molecule is C[C@@](N)(C=O)Nc1cccc(-c2cc(-c3ccccc3O)nc(NC(=O)c3cccs3)c2C#N)c1.Cl. The number of benzene rings is 2. The highest BCUT2D eigenvalue weighted by Crippen LogP contribution is 2.36. The van der Waals surface area contributed by atoms with Gasteiger partial charge in [0.2, 0.25) is 0 Å². The van der Waals surface area contributed by atoms with Gasteiger partial charge >= 0.3 is 0 Å². The molecule has 0 unspecified atom stereocenters. The number of aromatic hydroxyl groups is 1. The fraction of sp³-hybridized carbons (Fsp3) is 0.0769. The number of rotatable bonds is 7. The van der Waals surface area contributed by atoms with Crippen molar-refractivity contribution in [3.8, 4) is 34.2 Å².